The Morgan fingerprint density at radius 3 is 1.92 bits per heavy atom. The van der Waals surface area contributed by atoms with E-state index < -0.39 is 5.41 Å². The normalized spacial score (nSPS) is 19.0. The summed E-state index contributed by atoms with van der Waals surface area (Å²) >= 11 is 0. The lowest BCUT2D eigenvalue weighted by Gasteiger charge is -2.40. The molecule has 2 unspecified atom stereocenters. The van der Waals surface area contributed by atoms with Gasteiger partial charge in [-0.05, 0) is 62.2 Å². The van der Waals surface area contributed by atoms with E-state index in [-0.39, 0.29) is 12.2 Å². The van der Waals surface area contributed by atoms with Crippen LogP contribution in [-0.4, -0.2) is 6.04 Å². The lowest BCUT2D eigenvalue weighted by atomic mass is 9.64. The molecule has 2 atom stereocenters. The highest BCUT2D eigenvalue weighted by molar-refractivity contribution is 5.94. The van der Waals surface area contributed by atoms with Crippen molar-refractivity contribution in [3.05, 3.63) is 209 Å². The SMILES string of the molecule is C1=CC2=C(c3ccc(-c4cccc5c4C4(c6ccccc6Oc6ccccc64)c4ccccc4-5)cc3)NC(c3ccccc3)NC2C=C1. The van der Waals surface area contributed by atoms with Crippen molar-refractivity contribution in [1.82, 2.24) is 10.6 Å². The minimum Gasteiger partial charge on any atom is -0.457 e. The van der Waals surface area contributed by atoms with Crippen LogP contribution >= 0.6 is 0 Å². The van der Waals surface area contributed by atoms with Gasteiger partial charge < -0.3 is 10.1 Å². The molecule has 0 radical (unpaired) electrons. The van der Waals surface area contributed by atoms with E-state index in [0.29, 0.717) is 0 Å². The lowest BCUT2D eigenvalue weighted by Crippen LogP contribution is -2.45. The molecule has 0 fully saturated rings. The first-order valence-corrected chi connectivity index (χ1v) is 16.7. The molecule has 3 heteroatoms. The summed E-state index contributed by atoms with van der Waals surface area (Å²) in [6.07, 6.45) is 8.73. The molecule has 0 saturated carbocycles. The molecule has 1 spiro atoms. The molecule has 6 aromatic rings. The molecular weight excluding hydrogens is 585 g/mol. The Labute approximate surface area is 280 Å². The van der Waals surface area contributed by atoms with Gasteiger partial charge in [-0.15, -0.1) is 0 Å². The third kappa shape index (κ3) is 3.86. The number of para-hydroxylation sites is 2. The number of hydrogen-bond donors (Lipinski definition) is 2. The second-order valence-electron chi connectivity index (χ2n) is 12.9. The molecular formula is C45H32N2O. The highest BCUT2D eigenvalue weighted by Crippen LogP contribution is 2.63. The van der Waals surface area contributed by atoms with Crippen molar-refractivity contribution in [1.29, 1.82) is 0 Å². The molecule has 2 heterocycles. The van der Waals surface area contributed by atoms with Gasteiger partial charge in [-0.3, -0.25) is 5.32 Å². The maximum absolute atomic E-state index is 6.58. The average Bonchev–Trinajstić information content (AvgIpc) is 3.46. The third-order valence-corrected chi connectivity index (χ3v) is 10.4. The molecule has 10 rings (SSSR count). The van der Waals surface area contributed by atoms with Crippen LogP contribution in [0.5, 0.6) is 11.5 Å². The summed E-state index contributed by atoms with van der Waals surface area (Å²) in [4.78, 5) is 0. The number of allylic oxidation sites excluding steroid dienone is 2. The topological polar surface area (TPSA) is 33.3 Å². The van der Waals surface area contributed by atoms with Gasteiger partial charge in [0.1, 0.15) is 17.7 Å². The van der Waals surface area contributed by atoms with Crippen LogP contribution in [0.15, 0.2) is 175 Å². The first kappa shape index (κ1) is 27.2. The number of hydrogen-bond acceptors (Lipinski definition) is 3. The largest absolute Gasteiger partial charge is 0.457 e. The van der Waals surface area contributed by atoms with Crippen molar-refractivity contribution >= 4 is 5.70 Å². The van der Waals surface area contributed by atoms with Crippen LogP contribution < -0.4 is 15.4 Å². The summed E-state index contributed by atoms with van der Waals surface area (Å²) in [5.41, 5.74) is 14.2. The highest BCUT2D eigenvalue weighted by Gasteiger charge is 2.52. The molecule has 228 valence electrons. The maximum atomic E-state index is 6.58. The van der Waals surface area contributed by atoms with Gasteiger partial charge in [0.25, 0.3) is 0 Å². The number of fused-ring (bicyclic) bond motifs is 10. The number of ether oxygens (including phenoxy) is 1. The second kappa shape index (κ2) is 10.6. The zero-order valence-electron chi connectivity index (χ0n) is 26.2. The van der Waals surface area contributed by atoms with Crippen molar-refractivity contribution in [3.63, 3.8) is 0 Å². The van der Waals surface area contributed by atoms with Crippen LogP contribution in [0, 0.1) is 0 Å². The summed E-state index contributed by atoms with van der Waals surface area (Å²) in [6, 6.07) is 52.8. The first-order valence-electron chi connectivity index (χ1n) is 16.7. The van der Waals surface area contributed by atoms with E-state index in [1.54, 1.807) is 0 Å². The molecule has 0 aromatic heterocycles. The fourth-order valence-corrected chi connectivity index (χ4v) is 8.42. The van der Waals surface area contributed by atoms with E-state index in [0.717, 1.165) is 17.2 Å². The average molecular weight is 617 g/mol. The van der Waals surface area contributed by atoms with E-state index in [1.807, 2.05) is 0 Å². The van der Waals surface area contributed by atoms with Gasteiger partial charge in [0.05, 0.1) is 11.5 Å². The number of rotatable bonds is 3. The van der Waals surface area contributed by atoms with Crippen molar-refractivity contribution in [2.75, 3.05) is 0 Å². The number of benzene rings is 6. The van der Waals surface area contributed by atoms with Crippen molar-refractivity contribution in [2.45, 2.75) is 17.6 Å². The smallest absolute Gasteiger partial charge is 0.132 e. The number of nitrogens with one attached hydrogen (secondary N) is 2. The second-order valence-corrected chi connectivity index (χ2v) is 12.9. The van der Waals surface area contributed by atoms with Crippen molar-refractivity contribution in [2.24, 2.45) is 0 Å². The summed E-state index contributed by atoms with van der Waals surface area (Å²) in [5, 5.41) is 7.61. The molecule has 48 heavy (non-hydrogen) atoms. The fourth-order valence-electron chi connectivity index (χ4n) is 8.42. The van der Waals surface area contributed by atoms with Gasteiger partial charge in [-0.25, -0.2) is 0 Å². The molecule has 2 aliphatic heterocycles. The van der Waals surface area contributed by atoms with Crippen LogP contribution in [0.4, 0.5) is 0 Å². The van der Waals surface area contributed by atoms with Gasteiger partial charge in [-0.2, -0.15) is 0 Å². The van der Waals surface area contributed by atoms with Crippen molar-refractivity contribution < 1.29 is 4.74 Å². The van der Waals surface area contributed by atoms with Gasteiger partial charge in [0.15, 0.2) is 0 Å². The summed E-state index contributed by atoms with van der Waals surface area (Å²) in [6.45, 7) is 0. The minimum atomic E-state index is -0.511. The van der Waals surface area contributed by atoms with Gasteiger partial charge in [-0.1, -0.05) is 158 Å². The fraction of sp³-hybridized carbons (Fsp3) is 0.0667. The molecule has 6 aromatic carbocycles. The molecule has 3 nitrogen and oxygen atoms in total. The third-order valence-electron chi connectivity index (χ3n) is 10.4. The summed E-state index contributed by atoms with van der Waals surface area (Å²) in [5.74, 6) is 1.82. The Morgan fingerprint density at radius 2 is 1.15 bits per heavy atom. The standard InChI is InChI=1S/C45H32N2O/c1-2-13-31(14-3-1)44-46-39-22-9-5-16-35(39)43(47-44)30-27-25-29(26-28-30)32-17-12-18-34-33-15-4-6-19-36(33)45(42(32)34)37-20-7-10-23-40(37)48-41-24-11-8-21-38(41)45/h1-28,39,44,46-47H. The summed E-state index contributed by atoms with van der Waals surface area (Å²) in [7, 11) is 0. The van der Waals surface area contributed by atoms with E-state index >= 15 is 0 Å². The molecule has 0 amide bonds. The van der Waals surface area contributed by atoms with Crippen LogP contribution in [0.2, 0.25) is 0 Å². The Balaban J connectivity index is 1.15. The molecule has 0 bridgehead atoms. The predicted molar refractivity (Wildman–Crippen MR) is 194 cm³/mol. The molecule has 2 N–H and O–H groups in total. The quantitative estimate of drug-likeness (QED) is 0.207. The van der Waals surface area contributed by atoms with E-state index in [4.69, 9.17) is 4.74 Å². The van der Waals surface area contributed by atoms with E-state index in [2.05, 4.69) is 181 Å². The molecule has 0 saturated heterocycles. The van der Waals surface area contributed by atoms with E-state index in [1.165, 1.54) is 61.2 Å². The van der Waals surface area contributed by atoms with Crippen LogP contribution in [0.25, 0.3) is 28.0 Å². The van der Waals surface area contributed by atoms with Gasteiger partial charge in [0.2, 0.25) is 0 Å². The van der Waals surface area contributed by atoms with Gasteiger partial charge >= 0.3 is 0 Å². The zero-order valence-corrected chi connectivity index (χ0v) is 26.2. The Bertz CT molecular complexity index is 2280. The van der Waals surface area contributed by atoms with Crippen LogP contribution in [0.1, 0.15) is 39.5 Å². The Morgan fingerprint density at radius 1 is 0.521 bits per heavy atom. The van der Waals surface area contributed by atoms with Gasteiger partial charge in [0, 0.05) is 16.8 Å². The Hall–Kier alpha value is -5.90. The van der Waals surface area contributed by atoms with Crippen molar-refractivity contribution in [3.8, 4) is 33.8 Å². The first-order chi connectivity index (χ1) is 23.8. The van der Waals surface area contributed by atoms with Crippen LogP contribution in [-0.2, 0) is 5.41 Å². The maximum Gasteiger partial charge on any atom is 0.132 e. The monoisotopic (exact) mass is 616 g/mol. The Kier molecular flexibility index (Phi) is 5.99. The molecule has 4 aliphatic rings. The zero-order chi connectivity index (χ0) is 31.7. The van der Waals surface area contributed by atoms with E-state index in [9.17, 15) is 0 Å². The predicted octanol–water partition coefficient (Wildman–Crippen LogP) is 9.92. The minimum absolute atomic E-state index is 0.00943. The molecule has 2 aliphatic carbocycles. The lowest BCUT2D eigenvalue weighted by molar-refractivity contribution is 0.436. The van der Waals surface area contributed by atoms with Crippen LogP contribution in [0.3, 0.4) is 0 Å². The summed E-state index contributed by atoms with van der Waals surface area (Å²) < 4.78 is 6.58. The highest BCUT2D eigenvalue weighted by atomic mass is 16.5.